The van der Waals surface area contributed by atoms with Gasteiger partial charge in [-0.15, -0.1) is 0 Å². The Labute approximate surface area is 118 Å². The molecule has 5 heteroatoms. The predicted molar refractivity (Wildman–Crippen MR) is 78.7 cm³/mol. The standard InChI is InChI=1S/C15H19N3O2/c1-3-16-12(2)15-8-5-9-17(15)11-13-6-4-7-14(10-13)18(19)20/h4-10,12,16H,3,11H2,1-2H3. The largest absolute Gasteiger partial charge is 0.346 e. The molecule has 0 saturated heterocycles. The van der Waals surface area contributed by atoms with Crippen molar-refractivity contribution in [1.29, 1.82) is 0 Å². The Morgan fingerprint density at radius 1 is 1.35 bits per heavy atom. The number of nitro groups is 1. The number of hydrogen-bond donors (Lipinski definition) is 1. The topological polar surface area (TPSA) is 60.1 Å². The zero-order valence-electron chi connectivity index (χ0n) is 11.7. The monoisotopic (exact) mass is 273 g/mol. The molecular weight excluding hydrogens is 254 g/mol. The van der Waals surface area contributed by atoms with E-state index in [-0.39, 0.29) is 16.7 Å². The number of benzene rings is 1. The summed E-state index contributed by atoms with van der Waals surface area (Å²) in [6.45, 7) is 5.73. The van der Waals surface area contributed by atoms with Gasteiger partial charge in [-0.1, -0.05) is 19.1 Å². The molecule has 20 heavy (non-hydrogen) atoms. The minimum Gasteiger partial charge on any atom is -0.346 e. The van der Waals surface area contributed by atoms with Crippen molar-refractivity contribution < 1.29 is 4.92 Å². The lowest BCUT2D eigenvalue weighted by Gasteiger charge is -2.16. The third-order valence-corrected chi connectivity index (χ3v) is 3.29. The fraction of sp³-hybridized carbons (Fsp3) is 0.333. The van der Waals surface area contributed by atoms with Gasteiger partial charge >= 0.3 is 0 Å². The molecule has 1 aromatic carbocycles. The lowest BCUT2D eigenvalue weighted by atomic mass is 10.2. The molecule has 0 fully saturated rings. The van der Waals surface area contributed by atoms with Crippen molar-refractivity contribution in [2.45, 2.75) is 26.4 Å². The van der Waals surface area contributed by atoms with Crippen LogP contribution >= 0.6 is 0 Å². The molecule has 0 aliphatic carbocycles. The van der Waals surface area contributed by atoms with Crippen molar-refractivity contribution in [1.82, 2.24) is 9.88 Å². The van der Waals surface area contributed by atoms with E-state index < -0.39 is 0 Å². The maximum absolute atomic E-state index is 10.8. The lowest BCUT2D eigenvalue weighted by molar-refractivity contribution is -0.384. The number of aromatic nitrogens is 1. The number of nitrogens with zero attached hydrogens (tertiary/aromatic N) is 2. The average Bonchev–Trinajstić information content (AvgIpc) is 2.87. The molecule has 1 heterocycles. The molecule has 1 atom stereocenters. The molecule has 2 rings (SSSR count). The van der Waals surface area contributed by atoms with Crippen LogP contribution in [0.5, 0.6) is 0 Å². The number of nitro benzene ring substituents is 1. The van der Waals surface area contributed by atoms with E-state index in [0.717, 1.165) is 12.1 Å². The second-order valence-electron chi connectivity index (χ2n) is 4.77. The number of rotatable bonds is 6. The van der Waals surface area contributed by atoms with Gasteiger partial charge in [0.25, 0.3) is 5.69 Å². The summed E-state index contributed by atoms with van der Waals surface area (Å²) in [5.74, 6) is 0. The lowest BCUT2D eigenvalue weighted by Crippen LogP contribution is -2.20. The molecule has 1 aromatic heterocycles. The highest BCUT2D eigenvalue weighted by Gasteiger charge is 2.10. The normalized spacial score (nSPS) is 12.3. The van der Waals surface area contributed by atoms with E-state index in [4.69, 9.17) is 0 Å². The molecule has 0 bridgehead atoms. The van der Waals surface area contributed by atoms with Crippen LogP contribution in [0.25, 0.3) is 0 Å². The third-order valence-electron chi connectivity index (χ3n) is 3.29. The van der Waals surface area contributed by atoms with Crippen LogP contribution in [0, 0.1) is 10.1 Å². The van der Waals surface area contributed by atoms with Gasteiger partial charge in [-0.05, 0) is 31.2 Å². The average molecular weight is 273 g/mol. The van der Waals surface area contributed by atoms with Crippen LogP contribution in [0.4, 0.5) is 5.69 Å². The zero-order valence-corrected chi connectivity index (χ0v) is 11.7. The molecule has 2 aromatic rings. The van der Waals surface area contributed by atoms with Crippen LogP contribution in [0.15, 0.2) is 42.6 Å². The van der Waals surface area contributed by atoms with Crippen LogP contribution in [-0.4, -0.2) is 16.0 Å². The Morgan fingerprint density at radius 2 is 2.15 bits per heavy atom. The first-order valence-corrected chi connectivity index (χ1v) is 6.73. The van der Waals surface area contributed by atoms with E-state index in [1.807, 2.05) is 18.3 Å². The molecule has 0 spiro atoms. The van der Waals surface area contributed by atoms with Gasteiger partial charge in [0.15, 0.2) is 0 Å². The zero-order chi connectivity index (χ0) is 14.5. The molecule has 0 radical (unpaired) electrons. The Bertz CT molecular complexity index is 592. The summed E-state index contributed by atoms with van der Waals surface area (Å²) in [7, 11) is 0. The van der Waals surface area contributed by atoms with Crippen LogP contribution in [0.3, 0.4) is 0 Å². The fourth-order valence-corrected chi connectivity index (χ4v) is 2.34. The maximum Gasteiger partial charge on any atom is 0.269 e. The van der Waals surface area contributed by atoms with E-state index in [9.17, 15) is 10.1 Å². The van der Waals surface area contributed by atoms with Crippen molar-refractivity contribution in [3.8, 4) is 0 Å². The minimum atomic E-state index is -0.360. The first kappa shape index (κ1) is 14.3. The third kappa shape index (κ3) is 3.24. The molecule has 0 aliphatic heterocycles. The van der Waals surface area contributed by atoms with Crippen molar-refractivity contribution in [3.63, 3.8) is 0 Å². The molecule has 1 unspecified atom stereocenters. The van der Waals surface area contributed by atoms with E-state index in [1.165, 1.54) is 11.8 Å². The minimum absolute atomic E-state index is 0.135. The number of nitrogens with one attached hydrogen (secondary N) is 1. The number of non-ortho nitro benzene ring substituents is 1. The summed E-state index contributed by atoms with van der Waals surface area (Å²) in [4.78, 5) is 10.4. The van der Waals surface area contributed by atoms with Gasteiger partial charge in [-0.25, -0.2) is 0 Å². The summed E-state index contributed by atoms with van der Waals surface area (Å²) in [5, 5.41) is 14.2. The molecule has 0 amide bonds. The van der Waals surface area contributed by atoms with Crippen molar-refractivity contribution in [3.05, 3.63) is 64.0 Å². The molecule has 1 N–H and O–H groups in total. The van der Waals surface area contributed by atoms with Gasteiger partial charge in [0.2, 0.25) is 0 Å². The van der Waals surface area contributed by atoms with Crippen LogP contribution < -0.4 is 5.32 Å². The van der Waals surface area contributed by atoms with Gasteiger partial charge in [-0.2, -0.15) is 0 Å². The van der Waals surface area contributed by atoms with Crippen molar-refractivity contribution in [2.24, 2.45) is 0 Å². The Hall–Kier alpha value is -2.14. The summed E-state index contributed by atoms with van der Waals surface area (Å²) in [6.07, 6.45) is 2.00. The highest BCUT2D eigenvalue weighted by molar-refractivity contribution is 5.34. The van der Waals surface area contributed by atoms with Crippen LogP contribution in [-0.2, 0) is 6.54 Å². The van der Waals surface area contributed by atoms with E-state index in [1.54, 1.807) is 12.1 Å². The van der Waals surface area contributed by atoms with Gasteiger partial charge in [0, 0.05) is 36.6 Å². The molecule has 0 aliphatic rings. The van der Waals surface area contributed by atoms with Crippen molar-refractivity contribution in [2.75, 3.05) is 6.54 Å². The maximum atomic E-state index is 10.8. The first-order chi connectivity index (χ1) is 9.61. The summed E-state index contributed by atoms with van der Waals surface area (Å²) >= 11 is 0. The van der Waals surface area contributed by atoms with Crippen LogP contribution in [0.2, 0.25) is 0 Å². The smallest absolute Gasteiger partial charge is 0.269 e. The summed E-state index contributed by atoms with van der Waals surface area (Å²) < 4.78 is 2.12. The van der Waals surface area contributed by atoms with E-state index in [0.29, 0.717) is 6.54 Å². The van der Waals surface area contributed by atoms with Crippen molar-refractivity contribution >= 4 is 5.69 Å². The van der Waals surface area contributed by atoms with E-state index in [2.05, 4.69) is 29.8 Å². The Kier molecular flexibility index (Phi) is 4.53. The summed E-state index contributed by atoms with van der Waals surface area (Å²) in [5.41, 5.74) is 2.25. The van der Waals surface area contributed by atoms with Gasteiger partial charge in [0.05, 0.1) is 4.92 Å². The van der Waals surface area contributed by atoms with Gasteiger partial charge in [0.1, 0.15) is 0 Å². The second-order valence-corrected chi connectivity index (χ2v) is 4.77. The van der Waals surface area contributed by atoms with Crippen LogP contribution in [0.1, 0.15) is 31.1 Å². The predicted octanol–water partition coefficient (Wildman–Crippen LogP) is 3.12. The fourth-order valence-electron chi connectivity index (χ4n) is 2.34. The number of hydrogen-bond acceptors (Lipinski definition) is 3. The Balaban J connectivity index is 2.20. The molecule has 0 saturated carbocycles. The van der Waals surface area contributed by atoms with E-state index >= 15 is 0 Å². The van der Waals surface area contributed by atoms with Gasteiger partial charge in [-0.3, -0.25) is 10.1 Å². The molecule has 5 nitrogen and oxygen atoms in total. The first-order valence-electron chi connectivity index (χ1n) is 6.73. The highest BCUT2D eigenvalue weighted by Crippen LogP contribution is 2.18. The highest BCUT2D eigenvalue weighted by atomic mass is 16.6. The Morgan fingerprint density at radius 3 is 2.85 bits per heavy atom. The molecule has 106 valence electrons. The summed E-state index contributed by atoms with van der Waals surface area (Å²) in [6, 6.07) is 11.1. The second kappa shape index (κ2) is 6.34. The SMILES string of the molecule is CCNC(C)c1cccn1Cc1cccc([N+](=O)[O-])c1. The van der Waals surface area contributed by atoms with Gasteiger partial charge < -0.3 is 9.88 Å². The quantitative estimate of drug-likeness (QED) is 0.650. The molecular formula is C15H19N3O2.